The minimum Gasteiger partial charge on any atom is -0.468 e. The molecule has 0 aliphatic heterocycles. The fourth-order valence-electron chi connectivity index (χ4n) is 3.01. The van der Waals surface area contributed by atoms with Gasteiger partial charge in [0.05, 0.1) is 12.5 Å². The Balaban J connectivity index is 2.45. The fourth-order valence-corrected chi connectivity index (χ4v) is 3.01. The van der Waals surface area contributed by atoms with Crippen LogP contribution < -0.4 is 0 Å². The van der Waals surface area contributed by atoms with Crippen molar-refractivity contribution in [3.63, 3.8) is 0 Å². The van der Waals surface area contributed by atoms with Crippen molar-refractivity contribution in [3.8, 4) is 0 Å². The number of esters is 1. The first-order chi connectivity index (χ1) is 8.73. The summed E-state index contributed by atoms with van der Waals surface area (Å²) in [4.78, 5) is 12.1. The summed E-state index contributed by atoms with van der Waals surface area (Å²) < 4.78 is 5.02. The molecule has 2 heteroatoms. The molecule has 0 heterocycles. The number of benzene rings is 1. The molecular formula is C17H24O2. The van der Waals surface area contributed by atoms with Gasteiger partial charge in [-0.1, -0.05) is 45.9 Å². The number of hydrogen-bond acceptors (Lipinski definition) is 2. The molecule has 2 nitrogen and oxygen atoms in total. The van der Waals surface area contributed by atoms with Crippen molar-refractivity contribution in [1.82, 2.24) is 0 Å². The largest absolute Gasteiger partial charge is 0.468 e. The lowest BCUT2D eigenvalue weighted by molar-refractivity contribution is -0.144. The van der Waals surface area contributed by atoms with Gasteiger partial charge in [-0.2, -0.15) is 0 Å². The molecule has 1 aromatic rings. The molecule has 2 unspecified atom stereocenters. The van der Waals surface area contributed by atoms with Gasteiger partial charge >= 0.3 is 5.97 Å². The summed E-state index contributed by atoms with van der Waals surface area (Å²) in [5.74, 6) is 0.283. The van der Waals surface area contributed by atoms with E-state index < -0.39 is 5.41 Å². The van der Waals surface area contributed by atoms with E-state index in [1.54, 1.807) is 0 Å². The number of carbonyl (C=O) groups excluding carboxylic acids is 1. The number of ether oxygens (including phenoxy) is 1. The van der Waals surface area contributed by atoms with Gasteiger partial charge in [0.25, 0.3) is 0 Å². The van der Waals surface area contributed by atoms with Gasteiger partial charge in [-0.15, -0.1) is 0 Å². The molecule has 0 bridgehead atoms. The Morgan fingerprint density at radius 1 is 1.37 bits per heavy atom. The Labute approximate surface area is 116 Å². The first-order valence-electron chi connectivity index (χ1n) is 6.93. The quantitative estimate of drug-likeness (QED) is 0.757. The summed E-state index contributed by atoms with van der Waals surface area (Å²) in [6.45, 7) is 10.8. The molecule has 0 amide bonds. The van der Waals surface area contributed by atoms with Crippen LogP contribution in [-0.2, 0) is 20.4 Å². The molecule has 0 N–H and O–H groups in total. The van der Waals surface area contributed by atoms with E-state index in [0.717, 1.165) is 12.0 Å². The molecule has 1 aliphatic carbocycles. The van der Waals surface area contributed by atoms with Crippen LogP contribution >= 0.6 is 0 Å². The number of methoxy groups -OCH3 is 1. The van der Waals surface area contributed by atoms with Gasteiger partial charge in [-0.25, -0.2) is 0 Å². The Morgan fingerprint density at radius 3 is 2.32 bits per heavy atom. The third kappa shape index (κ3) is 2.18. The van der Waals surface area contributed by atoms with Gasteiger partial charge in [-0.3, -0.25) is 4.79 Å². The molecule has 2 rings (SSSR count). The maximum atomic E-state index is 12.1. The predicted octanol–water partition coefficient (Wildman–Crippen LogP) is 3.74. The molecule has 1 fully saturated rings. The van der Waals surface area contributed by atoms with Crippen LogP contribution in [0.25, 0.3) is 0 Å². The number of rotatable bonds is 2. The molecule has 1 aromatic carbocycles. The van der Waals surface area contributed by atoms with Crippen molar-refractivity contribution >= 4 is 5.97 Å². The highest BCUT2D eigenvalue weighted by molar-refractivity contribution is 5.87. The molecular weight excluding hydrogens is 236 g/mol. The van der Waals surface area contributed by atoms with Gasteiger partial charge < -0.3 is 4.74 Å². The van der Waals surface area contributed by atoms with E-state index >= 15 is 0 Å². The molecule has 0 radical (unpaired) electrons. The average Bonchev–Trinajstić information content (AvgIpc) is 2.99. The molecule has 0 aromatic heterocycles. The van der Waals surface area contributed by atoms with Crippen LogP contribution in [0.15, 0.2) is 18.2 Å². The maximum Gasteiger partial charge on any atom is 0.316 e. The second kappa shape index (κ2) is 4.36. The second-order valence-corrected chi connectivity index (χ2v) is 6.85. The predicted molar refractivity (Wildman–Crippen MR) is 77.4 cm³/mol. The fraction of sp³-hybridized carbons (Fsp3) is 0.588. The first-order valence-corrected chi connectivity index (χ1v) is 6.93. The van der Waals surface area contributed by atoms with E-state index in [1.807, 2.05) is 0 Å². The lowest BCUT2D eigenvalue weighted by Gasteiger charge is -2.23. The standard InChI is InChI=1S/C17H24O2/c1-11-9-13(16(3,4)5)7-8-14(11)17(10-12(17)2)15(18)19-6/h7-9,12H,10H2,1-6H3. The molecule has 0 saturated heterocycles. The Hall–Kier alpha value is -1.31. The van der Waals surface area contributed by atoms with E-state index in [0.29, 0.717) is 5.92 Å². The zero-order valence-electron chi connectivity index (χ0n) is 12.8. The van der Waals surface area contributed by atoms with Gasteiger partial charge in [0.2, 0.25) is 0 Å². The molecule has 1 saturated carbocycles. The summed E-state index contributed by atoms with van der Waals surface area (Å²) in [6.07, 6.45) is 0.898. The highest BCUT2D eigenvalue weighted by Crippen LogP contribution is 2.55. The number of carbonyl (C=O) groups is 1. The maximum absolute atomic E-state index is 12.1. The van der Waals surface area contributed by atoms with Crippen molar-refractivity contribution in [2.24, 2.45) is 5.92 Å². The Bertz CT molecular complexity index is 510. The van der Waals surface area contributed by atoms with E-state index in [1.165, 1.54) is 18.2 Å². The summed E-state index contributed by atoms with van der Waals surface area (Å²) in [6, 6.07) is 6.49. The van der Waals surface area contributed by atoms with E-state index in [9.17, 15) is 4.79 Å². The van der Waals surface area contributed by atoms with Gasteiger partial charge in [0.15, 0.2) is 0 Å². The van der Waals surface area contributed by atoms with Crippen molar-refractivity contribution in [2.45, 2.75) is 51.9 Å². The zero-order chi connectivity index (χ0) is 14.4. The minimum absolute atomic E-state index is 0.0911. The molecule has 19 heavy (non-hydrogen) atoms. The Kier molecular flexibility index (Phi) is 3.24. The Morgan fingerprint density at radius 2 is 1.95 bits per heavy atom. The van der Waals surface area contributed by atoms with E-state index in [2.05, 4.69) is 52.8 Å². The molecule has 0 spiro atoms. The zero-order valence-corrected chi connectivity index (χ0v) is 12.8. The summed E-state index contributed by atoms with van der Waals surface area (Å²) >= 11 is 0. The van der Waals surface area contributed by atoms with Crippen LogP contribution in [0.1, 0.15) is 50.8 Å². The second-order valence-electron chi connectivity index (χ2n) is 6.85. The van der Waals surface area contributed by atoms with Crippen molar-refractivity contribution in [2.75, 3.05) is 7.11 Å². The number of aryl methyl sites for hydroxylation is 1. The molecule has 104 valence electrons. The van der Waals surface area contributed by atoms with E-state index in [4.69, 9.17) is 4.74 Å². The van der Waals surface area contributed by atoms with Crippen molar-refractivity contribution < 1.29 is 9.53 Å². The van der Waals surface area contributed by atoms with Gasteiger partial charge in [-0.05, 0) is 41.4 Å². The van der Waals surface area contributed by atoms with Gasteiger partial charge in [0, 0.05) is 0 Å². The van der Waals surface area contributed by atoms with Crippen LogP contribution in [-0.4, -0.2) is 13.1 Å². The third-order valence-corrected chi connectivity index (χ3v) is 4.43. The van der Waals surface area contributed by atoms with Crippen molar-refractivity contribution in [3.05, 3.63) is 34.9 Å². The lowest BCUT2D eigenvalue weighted by atomic mass is 9.82. The topological polar surface area (TPSA) is 26.3 Å². The molecule has 1 aliphatic rings. The summed E-state index contributed by atoms with van der Waals surface area (Å²) in [5.41, 5.74) is 3.38. The van der Waals surface area contributed by atoms with Crippen LogP contribution in [0, 0.1) is 12.8 Å². The first kappa shape index (κ1) is 14.1. The van der Waals surface area contributed by atoms with Crippen LogP contribution in [0.3, 0.4) is 0 Å². The van der Waals surface area contributed by atoms with Crippen LogP contribution in [0.5, 0.6) is 0 Å². The highest BCUT2D eigenvalue weighted by atomic mass is 16.5. The highest BCUT2D eigenvalue weighted by Gasteiger charge is 2.60. The molecule has 2 atom stereocenters. The smallest absolute Gasteiger partial charge is 0.316 e. The third-order valence-electron chi connectivity index (χ3n) is 4.43. The number of hydrogen-bond donors (Lipinski definition) is 0. The van der Waals surface area contributed by atoms with E-state index in [-0.39, 0.29) is 11.4 Å². The monoisotopic (exact) mass is 260 g/mol. The van der Waals surface area contributed by atoms with Gasteiger partial charge in [0.1, 0.15) is 0 Å². The normalized spacial score (nSPS) is 26.1. The van der Waals surface area contributed by atoms with Crippen LogP contribution in [0.4, 0.5) is 0 Å². The van der Waals surface area contributed by atoms with Crippen LogP contribution in [0.2, 0.25) is 0 Å². The minimum atomic E-state index is -0.394. The summed E-state index contributed by atoms with van der Waals surface area (Å²) in [5, 5.41) is 0. The van der Waals surface area contributed by atoms with Crippen molar-refractivity contribution in [1.29, 1.82) is 0 Å². The lowest BCUT2D eigenvalue weighted by Crippen LogP contribution is -2.25. The SMILES string of the molecule is COC(=O)C1(c2ccc(C(C)(C)C)cc2C)CC1C. The average molecular weight is 260 g/mol. The summed E-state index contributed by atoms with van der Waals surface area (Å²) in [7, 11) is 1.48.